The van der Waals surface area contributed by atoms with Crippen LogP contribution in [0.3, 0.4) is 0 Å². The standard InChI is InChI=1S/C16H15Cl3N2O3S/c1-25(23,24)21(13-6-7-14(18)15(19)8-13)10-16(22)20-9-11-2-4-12(17)5-3-11/h2-8H,9-10H2,1H3,(H,20,22). The number of benzene rings is 2. The second kappa shape index (κ2) is 8.27. The number of hydrogen-bond donors (Lipinski definition) is 1. The Hall–Kier alpha value is -1.47. The van der Waals surface area contributed by atoms with Crippen LogP contribution in [0.4, 0.5) is 5.69 Å². The van der Waals surface area contributed by atoms with Crippen LogP contribution in [-0.4, -0.2) is 27.1 Å². The van der Waals surface area contributed by atoms with Crippen molar-refractivity contribution in [2.75, 3.05) is 17.1 Å². The van der Waals surface area contributed by atoms with E-state index in [1.54, 1.807) is 24.3 Å². The maximum Gasteiger partial charge on any atom is 0.241 e. The van der Waals surface area contributed by atoms with Gasteiger partial charge in [-0.05, 0) is 35.9 Å². The van der Waals surface area contributed by atoms with Crippen molar-refractivity contribution < 1.29 is 13.2 Å². The van der Waals surface area contributed by atoms with Crippen LogP contribution < -0.4 is 9.62 Å². The molecule has 1 amide bonds. The van der Waals surface area contributed by atoms with E-state index in [1.165, 1.54) is 18.2 Å². The van der Waals surface area contributed by atoms with Gasteiger partial charge in [0, 0.05) is 11.6 Å². The number of halogens is 3. The van der Waals surface area contributed by atoms with Crippen LogP contribution in [-0.2, 0) is 21.4 Å². The second-order valence-corrected chi connectivity index (χ2v) is 8.43. The molecule has 0 saturated heterocycles. The Morgan fingerprint density at radius 1 is 1.04 bits per heavy atom. The topological polar surface area (TPSA) is 66.5 Å². The summed E-state index contributed by atoms with van der Waals surface area (Å²) < 4.78 is 25.0. The lowest BCUT2D eigenvalue weighted by Gasteiger charge is -2.22. The lowest BCUT2D eigenvalue weighted by atomic mass is 10.2. The van der Waals surface area contributed by atoms with Crippen LogP contribution >= 0.6 is 34.8 Å². The summed E-state index contributed by atoms with van der Waals surface area (Å²) in [6.07, 6.45) is 1.02. The zero-order valence-electron chi connectivity index (χ0n) is 13.2. The molecule has 0 heterocycles. The molecule has 2 aromatic carbocycles. The molecule has 25 heavy (non-hydrogen) atoms. The Bertz CT molecular complexity index is 871. The van der Waals surface area contributed by atoms with Crippen molar-refractivity contribution in [2.45, 2.75) is 6.54 Å². The van der Waals surface area contributed by atoms with Gasteiger partial charge < -0.3 is 5.32 Å². The molecular weight excluding hydrogens is 407 g/mol. The SMILES string of the molecule is CS(=O)(=O)N(CC(=O)NCc1ccc(Cl)cc1)c1ccc(Cl)c(Cl)c1. The summed E-state index contributed by atoms with van der Waals surface area (Å²) in [7, 11) is -3.68. The molecule has 0 atom stereocenters. The van der Waals surface area contributed by atoms with Crippen molar-refractivity contribution in [1.82, 2.24) is 5.32 Å². The van der Waals surface area contributed by atoms with E-state index in [0.717, 1.165) is 16.1 Å². The molecule has 0 fully saturated rings. The van der Waals surface area contributed by atoms with Crippen molar-refractivity contribution >= 4 is 56.4 Å². The van der Waals surface area contributed by atoms with Gasteiger partial charge in [-0.15, -0.1) is 0 Å². The molecule has 1 N–H and O–H groups in total. The van der Waals surface area contributed by atoms with Crippen molar-refractivity contribution in [3.8, 4) is 0 Å². The predicted octanol–water partition coefficient (Wildman–Crippen LogP) is 3.73. The summed E-state index contributed by atoms with van der Waals surface area (Å²) >= 11 is 17.6. The molecule has 0 aliphatic carbocycles. The van der Waals surface area contributed by atoms with Crippen LogP contribution in [0.25, 0.3) is 0 Å². The van der Waals surface area contributed by atoms with Gasteiger partial charge >= 0.3 is 0 Å². The average Bonchev–Trinajstić information content (AvgIpc) is 2.54. The summed E-state index contributed by atoms with van der Waals surface area (Å²) in [6, 6.07) is 11.3. The molecular formula is C16H15Cl3N2O3S. The molecule has 0 aliphatic rings. The third-order valence-corrected chi connectivity index (χ3v) is 5.41. The van der Waals surface area contributed by atoms with E-state index in [-0.39, 0.29) is 23.8 Å². The van der Waals surface area contributed by atoms with E-state index in [9.17, 15) is 13.2 Å². The lowest BCUT2D eigenvalue weighted by Crippen LogP contribution is -2.40. The van der Waals surface area contributed by atoms with Gasteiger partial charge in [0.25, 0.3) is 0 Å². The highest BCUT2D eigenvalue weighted by molar-refractivity contribution is 7.92. The monoisotopic (exact) mass is 420 g/mol. The van der Waals surface area contributed by atoms with Crippen LogP contribution in [0.2, 0.25) is 15.1 Å². The number of nitrogens with one attached hydrogen (secondary N) is 1. The first-order valence-corrected chi connectivity index (χ1v) is 10.1. The fourth-order valence-corrected chi connectivity index (χ4v) is 3.30. The summed E-state index contributed by atoms with van der Waals surface area (Å²) in [4.78, 5) is 12.2. The molecule has 0 bridgehead atoms. The van der Waals surface area contributed by atoms with E-state index < -0.39 is 15.9 Å². The number of carbonyl (C=O) groups excluding carboxylic acids is 1. The third-order valence-electron chi connectivity index (χ3n) is 3.28. The lowest BCUT2D eigenvalue weighted by molar-refractivity contribution is -0.119. The number of amides is 1. The highest BCUT2D eigenvalue weighted by Crippen LogP contribution is 2.28. The molecule has 0 aliphatic heterocycles. The summed E-state index contributed by atoms with van der Waals surface area (Å²) in [6.45, 7) is -0.112. The minimum absolute atomic E-state index is 0.203. The van der Waals surface area contributed by atoms with Crippen molar-refractivity contribution in [3.63, 3.8) is 0 Å². The Balaban J connectivity index is 2.10. The first-order valence-electron chi connectivity index (χ1n) is 7.11. The molecule has 0 spiro atoms. The van der Waals surface area contributed by atoms with E-state index in [1.807, 2.05) is 0 Å². The van der Waals surface area contributed by atoms with Gasteiger partial charge in [0.2, 0.25) is 15.9 Å². The molecule has 0 unspecified atom stereocenters. The maximum absolute atomic E-state index is 12.2. The largest absolute Gasteiger partial charge is 0.350 e. The molecule has 134 valence electrons. The number of hydrogen-bond acceptors (Lipinski definition) is 3. The molecule has 2 rings (SSSR count). The second-order valence-electron chi connectivity index (χ2n) is 5.27. The first kappa shape index (κ1) is 19.8. The molecule has 9 heteroatoms. The highest BCUT2D eigenvalue weighted by Gasteiger charge is 2.21. The minimum Gasteiger partial charge on any atom is -0.350 e. The van der Waals surface area contributed by atoms with Gasteiger partial charge in [-0.2, -0.15) is 0 Å². The average molecular weight is 422 g/mol. The number of sulfonamides is 1. The Morgan fingerprint density at radius 2 is 1.68 bits per heavy atom. The van der Waals surface area contributed by atoms with Crippen molar-refractivity contribution in [3.05, 3.63) is 63.1 Å². The van der Waals surface area contributed by atoms with Crippen LogP contribution in [0, 0.1) is 0 Å². The Kier molecular flexibility index (Phi) is 6.57. The fraction of sp³-hybridized carbons (Fsp3) is 0.188. The van der Waals surface area contributed by atoms with Gasteiger partial charge in [-0.1, -0.05) is 46.9 Å². The fourth-order valence-electron chi connectivity index (χ4n) is 2.03. The van der Waals surface area contributed by atoms with Gasteiger partial charge in [-0.25, -0.2) is 8.42 Å². The zero-order chi connectivity index (χ0) is 18.6. The number of nitrogens with zero attached hydrogens (tertiary/aromatic N) is 1. The van der Waals surface area contributed by atoms with Gasteiger partial charge in [0.05, 0.1) is 22.0 Å². The van der Waals surface area contributed by atoms with E-state index in [2.05, 4.69) is 5.32 Å². The van der Waals surface area contributed by atoms with Crippen LogP contribution in [0.5, 0.6) is 0 Å². The van der Waals surface area contributed by atoms with Crippen LogP contribution in [0.1, 0.15) is 5.56 Å². The number of rotatable bonds is 6. The predicted molar refractivity (Wildman–Crippen MR) is 102 cm³/mol. The van der Waals surface area contributed by atoms with Gasteiger partial charge in [0.1, 0.15) is 6.54 Å². The summed E-state index contributed by atoms with van der Waals surface area (Å²) in [5, 5.41) is 3.77. The van der Waals surface area contributed by atoms with E-state index in [0.29, 0.717) is 10.0 Å². The number of carbonyl (C=O) groups is 1. The third kappa shape index (κ3) is 5.78. The molecule has 5 nitrogen and oxygen atoms in total. The minimum atomic E-state index is -3.68. The molecule has 2 aromatic rings. The molecule has 0 radical (unpaired) electrons. The normalized spacial score (nSPS) is 11.2. The van der Waals surface area contributed by atoms with Gasteiger partial charge in [-0.3, -0.25) is 9.10 Å². The first-order chi connectivity index (χ1) is 11.7. The van der Waals surface area contributed by atoms with Gasteiger partial charge in [0.15, 0.2) is 0 Å². The Labute approximate surface area is 161 Å². The Morgan fingerprint density at radius 3 is 2.24 bits per heavy atom. The summed E-state index contributed by atoms with van der Waals surface area (Å²) in [5.74, 6) is -0.452. The highest BCUT2D eigenvalue weighted by atomic mass is 35.5. The summed E-state index contributed by atoms with van der Waals surface area (Å²) in [5.41, 5.74) is 1.11. The van der Waals surface area contributed by atoms with Crippen molar-refractivity contribution in [2.24, 2.45) is 0 Å². The molecule has 0 saturated carbocycles. The zero-order valence-corrected chi connectivity index (χ0v) is 16.3. The van der Waals surface area contributed by atoms with Crippen LogP contribution in [0.15, 0.2) is 42.5 Å². The molecule has 0 aromatic heterocycles. The van der Waals surface area contributed by atoms with Crippen molar-refractivity contribution in [1.29, 1.82) is 0 Å². The van der Waals surface area contributed by atoms with E-state index in [4.69, 9.17) is 34.8 Å². The quantitative estimate of drug-likeness (QED) is 0.773. The maximum atomic E-state index is 12.2. The van der Waals surface area contributed by atoms with E-state index >= 15 is 0 Å². The number of anilines is 1. The smallest absolute Gasteiger partial charge is 0.241 e.